The zero-order valence-electron chi connectivity index (χ0n) is 13.4. The Hall–Kier alpha value is -1.71. The fourth-order valence-corrected chi connectivity index (χ4v) is 4.74. The van der Waals surface area contributed by atoms with Gasteiger partial charge in [0.15, 0.2) is 5.78 Å². The van der Waals surface area contributed by atoms with Crippen LogP contribution < -0.4 is 0 Å². The highest BCUT2D eigenvalue weighted by atomic mass is 32.1. The summed E-state index contributed by atoms with van der Waals surface area (Å²) in [6.07, 6.45) is 2.19. The molecule has 0 bridgehead atoms. The van der Waals surface area contributed by atoms with Crippen LogP contribution in [0.15, 0.2) is 59.5 Å². The molecule has 1 fully saturated rings. The molecule has 1 aromatic heterocycles. The van der Waals surface area contributed by atoms with Crippen LogP contribution in [0.5, 0.6) is 0 Å². The third kappa shape index (κ3) is 2.39. The van der Waals surface area contributed by atoms with Crippen LogP contribution in [0.25, 0.3) is 0 Å². The van der Waals surface area contributed by atoms with Crippen molar-refractivity contribution >= 4 is 17.1 Å². The fourth-order valence-electron chi connectivity index (χ4n) is 4.02. The lowest BCUT2D eigenvalue weighted by atomic mass is 9.78. The molecule has 0 N–H and O–H groups in total. The Kier molecular flexibility index (Phi) is 3.51. The van der Waals surface area contributed by atoms with Gasteiger partial charge in [-0.15, -0.1) is 11.3 Å². The van der Waals surface area contributed by atoms with Gasteiger partial charge in [0, 0.05) is 17.8 Å². The predicted octanol–water partition coefficient (Wildman–Crippen LogP) is 4.70. The van der Waals surface area contributed by atoms with E-state index in [0.717, 1.165) is 4.88 Å². The molecule has 2 aromatic rings. The van der Waals surface area contributed by atoms with Crippen molar-refractivity contribution in [3.63, 3.8) is 0 Å². The summed E-state index contributed by atoms with van der Waals surface area (Å²) in [5.41, 5.74) is 2.27. The van der Waals surface area contributed by atoms with Gasteiger partial charge < -0.3 is 4.74 Å². The first-order valence-corrected chi connectivity index (χ1v) is 8.95. The van der Waals surface area contributed by atoms with Crippen LogP contribution in [0.4, 0.5) is 0 Å². The molecule has 1 saturated heterocycles. The number of ether oxygens (including phenoxy) is 1. The van der Waals surface area contributed by atoms with Crippen LogP contribution in [0.1, 0.15) is 35.0 Å². The van der Waals surface area contributed by atoms with Crippen LogP contribution in [-0.2, 0) is 4.74 Å². The molecule has 4 rings (SSSR count). The molecule has 23 heavy (non-hydrogen) atoms. The Labute approximate surface area is 140 Å². The lowest BCUT2D eigenvalue weighted by Crippen LogP contribution is -2.22. The molecular weight excluding hydrogens is 304 g/mol. The quantitative estimate of drug-likeness (QED) is 0.604. The van der Waals surface area contributed by atoms with Gasteiger partial charge in [-0.05, 0) is 36.4 Å². The third-order valence-electron chi connectivity index (χ3n) is 5.15. The van der Waals surface area contributed by atoms with Crippen molar-refractivity contribution in [1.29, 1.82) is 0 Å². The van der Waals surface area contributed by atoms with Gasteiger partial charge in [0.05, 0.1) is 17.1 Å². The number of allylic oxidation sites excluding steroid dienone is 1. The van der Waals surface area contributed by atoms with Crippen molar-refractivity contribution in [3.8, 4) is 0 Å². The normalized spacial score (nSPS) is 28.4. The van der Waals surface area contributed by atoms with E-state index in [1.54, 1.807) is 0 Å². The molecule has 1 aromatic carbocycles. The molecule has 0 amide bonds. The first kappa shape index (κ1) is 14.9. The summed E-state index contributed by atoms with van der Waals surface area (Å²) in [5, 5.41) is 1.97. The van der Waals surface area contributed by atoms with Gasteiger partial charge in [-0.2, -0.15) is 0 Å². The van der Waals surface area contributed by atoms with Crippen molar-refractivity contribution in [2.75, 3.05) is 6.61 Å². The Bertz CT molecular complexity index is 743. The number of carbonyl (C=O) groups excluding carboxylic acids is 1. The van der Waals surface area contributed by atoms with Crippen LogP contribution >= 0.6 is 11.3 Å². The average molecular weight is 324 g/mol. The average Bonchev–Trinajstić information content (AvgIpc) is 3.25. The second kappa shape index (κ2) is 5.43. The molecule has 0 saturated carbocycles. The van der Waals surface area contributed by atoms with Crippen molar-refractivity contribution in [3.05, 3.63) is 69.9 Å². The number of hydrogen-bond donors (Lipinski definition) is 0. The summed E-state index contributed by atoms with van der Waals surface area (Å²) < 4.78 is 6.00. The lowest BCUT2D eigenvalue weighted by molar-refractivity contribution is 0.0455. The molecule has 2 aliphatic rings. The van der Waals surface area contributed by atoms with Crippen LogP contribution in [0.3, 0.4) is 0 Å². The second-order valence-corrected chi connectivity index (χ2v) is 7.80. The van der Waals surface area contributed by atoms with Crippen molar-refractivity contribution in [1.82, 2.24) is 0 Å². The van der Waals surface area contributed by atoms with Crippen LogP contribution in [-0.4, -0.2) is 18.0 Å². The number of rotatable bonds is 3. The molecule has 3 atom stereocenters. The highest BCUT2D eigenvalue weighted by molar-refractivity contribution is 7.12. The Balaban J connectivity index is 1.78. The standard InChI is InChI=1S/C20H20O2S/c1-20(2)16-11-14(19(21)17-9-6-10-23-17)18(15(16)12-22-20)13-7-4-3-5-8-13/h3-11,14-15,18H,12H2,1-2H3/t14-,15+,18+/m1/s1. The van der Waals surface area contributed by atoms with Gasteiger partial charge in [-0.1, -0.05) is 42.5 Å². The van der Waals surface area contributed by atoms with E-state index in [9.17, 15) is 4.79 Å². The fraction of sp³-hybridized carbons (Fsp3) is 0.350. The Morgan fingerprint density at radius 2 is 1.96 bits per heavy atom. The monoisotopic (exact) mass is 324 g/mol. The Morgan fingerprint density at radius 3 is 2.65 bits per heavy atom. The molecule has 3 heteroatoms. The molecule has 1 aliphatic heterocycles. The number of ketones is 1. The Morgan fingerprint density at radius 1 is 1.17 bits per heavy atom. The molecule has 118 valence electrons. The smallest absolute Gasteiger partial charge is 0.180 e. The second-order valence-electron chi connectivity index (χ2n) is 6.85. The third-order valence-corrected chi connectivity index (χ3v) is 6.03. The van der Waals surface area contributed by atoms with E-state index >= 15 is 0 Å². The minimum Gasteiger partial charge on any atom is -0.371 e. The number of Topliss-reactive ketones (excluding diaryl/α,β-unsaturated/α-hetero) is 1. The first-order chi connectivity index (χ1) is 11.1. The van der Waals surface area contributed by atoms with Crippen molar-refractivity contribution in [2.45, 2.75) is 25.4 Å². The topological polar surface area (TPSA) is 26.3 Å². The SMILES string of the molecule is CC1(C)OC[C@H]2C1=C[C@@H](C(=O)c1cccs1)[C@@H]2c1ccccc1. The maximum Gasteiger partial charge on any atom is 0.180 e. The molecule has 2 nitrogen and oxygen atoms in total. The molecule has 0 unspecified atom stereocenters. The number of hydrogen-bond acceptors (Lipinski definition) is 3. The lowest BCUT2D eigenvalue weighted by Gasteiger charge is -2.23. The zero-order chi connectivity index (χ0) is 16.0. The number of fused-ring (bicyclic) bond motifs is 1. The molecule has 0 spiro atoms. The highest BCUT2D eigenvalue weighted by Crippen LogP contribution is 2.52. The zero-order valence-corrected chi connectivity index (χ0v) is 14.2. The predicted molar refractivity (Wildman–Crippen MR) is 92.9 cm³/mol. The number of benzene rings is 1. The van der Waals surface area contributed by atoms with E-state index in [1.165, 1.54) is 22.5 Å². The minimum absolute atomic E-state index is 0.0841. The molecule has 2 heterocycles. The van der Waals surface area contributed by atoms with Crippen molar-refractivity contribution < 1.29 is 9.53 Å². The van der Waals surface area contributed by atoms with E-state index in [1.807, 2.05) is 23.6 Å². The summed E-state index contributed by atoms with van der Waals surface area (Å²) in [6.45, 7) is 4.92. The van der Waals surface area contributed by atoms with Gasteiger partial charge in [0.1, 0.15) is 0 Å². The van der Waals surface area contributed by atoms with Gasteiger partial charge in [0.2, 0.25) is 0 Å². The van der Waals surface area contributed by atoms with Gasteiger partial charge in [0.25, 0.3) is 0 Å². The maximum absolute atomic E-state index is 13.1. The first-order valence-electron chi connectivity index (χ1n) is 8.07. The minimum atomic E-state index is -0.262. The molecule has 1 aliphatic carbocycles. The highest BCUT2D eigenvalue weighted by Gasteiger charge is 2.50. The summed E-state index contributed by atoms with van der Waals surface area (Å²) in [4.78, 5) is 13.9. The van der Waals surface area contributed by atoms with Crippen molar-refractivity contribution in [2.24, 2.45) is 11.8 Å². The number of thiophene rings is 1. The largest absolute Gasteiger partial charge is 0.371 e. The summed E-state index contributed by atoms with van der Waals surface area (Å²) in [6, 6.07) is 14.3. The van der Waals surface area contributed by atoms with Gasteiger partial charge >= 0.3 is 0 Å². The molecule has 0 radical (unpaired) electrons. The van der Waals surface area contributed by atoms with Gasteiger partial charge in [-0.3, -0.25) is 4.79 Å². The maximum atomic E-state index is 13.1. The van der Waals surface area contributed by atoms with Crippen LogP contribution in [0, 0.1) is 11.8 Å². The van der Waals surface area contributed by atoms with Crippen LogP contribution in [0.2, 0.25) is 0 Å². The van der Waals surface area contributed by atoms with E-state index < -0.39 is 0 Å². The van der Waals surface area contributed by atoms with E-state index in [0.29, 0.717) is 12.5 Å². The summed E-state index contributed by atoms with van der Waals surface area (Å²) in [5.74, 6) is 0.648. The summed E-state index contributed by atoms with van der Waals surface area (Å²) in [7, 11) is 0. The molecular formula is C20H20O2S. The van der Waals surface area contributed by atoms with E-state index in [-0.39, 0.29) is 23.2 Å². The van der Waals surface area contributed by atoms with E-state index in [2.05, 4.69) is 44.2 Å². The van der Waals surface area contributed by atoms with Gasteiger partial charge in [-0.25, -0.2) is 0 Å². The van der Waals surface area contributed by atoms with E-state index in [4.69, 9.17) is 4.74 Å². The summed E-state index contributed by atoms with van der Waals surface area (Å²) >= 11 is 1.53. The number of carbonyl (C=O) groups is 1.